The first kappa shape index (κ1) is 15.8. The van der Waals surface area contributed by atoms with Crippen molar-refractivity contribution in [2.45, 2.75) is 12.7 Å². The summed E-state index contributed by atoms with van der Waals surface area (Å²) in [6.07, 6.45) is 0.239. The molecule has 24 heavy (non-hydrogen) atoms. The summed E-state index contributed by atoms with van der Waals surface area (Å²) in [7, 11) is 0. The van der Waals surface area contributed by atoms with E-state index in [1.807, 2.05) is 0 Å². The van der Waals surface area contributed by atoms with Crippen LogP contribution in [0, 0.1) is 0 Å². The van der Waals surface area contributed by atoms with E-state index in [0.29, 0.717) is 11.2 Å². The van der Waals surface area contributed by atoms with Crippen LogP contribution in [0.1, 0.15) is 11.1 Å². The van der Waals surface area contributed by atoms with Crippen LogP contribution < -0.4 is 11.3 Å². The number of imidazole rings is 1. The molecule has 2 aromatic heterocycles. The maximum atomic E-state index is 12.7. The van der Waals surface area contributed by atoms with Crippen molar-refractivity contribution in [2.24, 2.45) is 0 Å². The molecule has 0 saturated carbocycles. The van der Waals surface area contributed by atoms with Crippen molar-refractivity contribution in [3.8, 4) is 0 Å². The molecule has 0 aliphatic rings. The van der Waals surface area contributed by atoms with Crippen molar-refractivity contribution in [3.63, 3.8) is 0 Å². The highest BCUT2D eigenvalue weighted by Crippen LogP contribution is 2.29. The fourth-order valence-electron chi connectivity index (χ4n) is 2.23. The maximum Gasteiger partial charge on any atom is 0.416 e. The number of nitrogen functional groups attached to an aromatic ring is 1. The van der Waals surface area contributed by atoms with E-state index >= 15 is 0 Å². The third-order valence-corrected chi connectivity index (χ3v) is 3.32. The second kappa shape index (κ2) is 5.84. The lowest BCUT2D eigenvalue weighted by molar-refractivity contribution is -0.137. The summed E-state index contributed by atoms with van der Waals surface area (Å²) < 4.78 is 39.6. The predicted octanol–water partition coefficient (Wildman–Crippen LogP) is 2.43. The van der Waals surface area contributed by atoms with E-state index in [-0.39, 0.29) is 18.0 Å². The zero-order valence-corrected chi connectivity index (χ0v) is 12.2. The number of rotatable bonds is 3. The largest absolute Gasteiger partial charge is 0.416 e. The first-order chi connectivity index (χ1) is 11.3. The average molecular weight is 335 g/mol. The Morgan fingerprint density at radius 1 is 1.33 bits per heavy atom. The summed E-state index contributed by atoms with van der Waals surface area (Å²) in [6, 6.07) is 4.98. The van der Waals surface area contributed by atoms with Crippen LogP contribution in [0.3, 0.4) is 0 Å². The lowest BCUT2D eigenvalue weighted by atomic mass is 10.1. The molecule has 0 spiro atoms. The first-order valence-corrected chi connectivity index (χ1v) is 6.89. The van der Waals surface area contributed by atoms with Crippen LogP contribution in [0.5, 0.6) is 0 Å². The van der Waals surface area contributed by atoms with Gasteiger partial charge < -0.3 is 10.3 Å². The Morgan fingerprint density at radius 3 is 2.88 bits per heavy atom. The molecule has 9 heteroatoms. The molecular weight excluding hydrogens is 323 g/mol. The standard InChI is InChI=1S/C15H12F3N5O/c16-15(17,18)10-5-1-3-9(7-10)4-2-6-23-8-20-11-12(23)21-14(19)22-13(11)24/h1-5,7-8H,6H2,(H3,19,21,22,24). The molecule has 0 saturated heterocycles. The van der Waals surface area contributed by atoms with Crippen LogP contribution in [0.15, 0.2) is 41.5 Å². The van der Waals surface area contributed by atoms with E-state index in [4.69, 9.17) is 5.73 Å². The number of allylic oxidation sites excluding steroid dienone is 1. The highest BCUT2D eigenvalue weighted by atomic mass is 19.4. The zero-order valence-electron chi connectivity index (χ0n) is 12.2. The molecule has 6 nitrogen and oxygen atoms in total. The summed E-state index contributed by atoms with van der Waals surface area (Å²) in [6.45, 7) is 0.280. The van der Waals surface area contributed by atoms with E-state index in [1.165, 1.54) is 12.4 Å². The van der Waals surface area contributed by atoms with E-state index in [0.717, 1.165) is 12.1 Å². The van der Waals surface area contributed by atoms with Crippen molar-refractivity contribution in [3.05, 3.63) is 58.1 Å². The van der Waals surface area contributed by atoms with Crippen LogP contribution in [0.2, 0.25) is 0 Å². The molecule has 2 heterocycles. The second-order valence-electron chi connectivity index (χ2n) is 5.05. The van der Waals surface area contributed by atoms with Crippen LogP contribution >= 0.6 is 0 Å². The normalized spacial score (nSPS) is 12.3. The van der Waals surface area contributed by atoms with Gasteiger partial charge in [0.1, 0.15) is 0 Å². The van der Waals surface area contributed by atoms with Gasteiger partial charge in [0.2, 0.25) is 5.95 Å². The first-order valence-electron chi connectivity index (χ1n) is 6.89. The topological polar surface area (TPSA) is 89.6 Å². The van der Waals surface area contributed by atoms with Crippen LogP contribution in [0.4, 0.5) is 19.1 Å². The van der Waals surface area contributed by atoms with E-state index < -0.39 is 17.3 Å². The predicted molar refractivity (Wildman–Crippen MR) is 83.0 cm³/mol. The molecule has 3 rings (SSSR count). The van der Waals surface area contributed by atoms with Crippen LogP contribution in [-0.4, -0.2) is 19.5 Å². The maximum absolute atomic E-state index is 12.7. The van der Waals surface area contributed by atoms with Crippen molar-refractivity contribution in [1.29, 1.82) is 0 Å². The van der Waals surface area contributed by atoms with Gasteiger partial charge >= 0.3 is 6.18 Å². The molecule has 1 aromatic carbocycles. The third kappa shape index (κ3) is 3.14. The van der Waals surface area contributed by atoms with Gasteiger partial charge in [-0.25, -0.2) is 4.98 Å². The fraction of sp³-hybridized carbons (Fsp3) is 0.133. The number of nitrogens with zero attached hydrogens (tertiary/aromatic N) is 3. The van der Waals surface area contributed by atoms with Gasteiger partial charge in [-0.15, -0.1) is 0 Å². The number of anilines is 1. The summed E-state index contributed by atoms with van der Waals surface area (Å²) >= 11 is 0. The van der Waals surface area contributed by atoms with Gasteiger partial charge in [-0.2, -0.15) is 18.2 Å². The second-order valence-corrected chi connectivity index (χ2v) is 5.05. The quantitative estimate of drug-likeness (QED) is 0.769. The molecular formula is C15H12F3N5O. The molecule has 0 atom stereocenters. The highest BCUT2D eigenvalue weighted by Gasteiger charge is 2.30. The number of hydrogen-bond acceptors (Lipinski definition) is 4. The molecule has 0 aliphatic heterocycles. The molecule has 0 radical (unpaired) electrons. The number of alkyl halides is 3. The minimum Gasteiger partial charge on any atom is -0.369 e. The van der Waals surface area contributed by atoms with Gasteiger partial charge in [0.25, 0.3) is 5.56 Å². The summed E-state index contributed by atoms with van der Waals surface area (Å²) in [4.78, 5) is 22.0. The molecule has 3 N–H and O–H groups in total. The number of hydrogen-bond donors (Lipinski definition) is 2. The SMILES string of the molecule is Nc1nc2c(ncn2CC=Cc2cccc(C(F)(F)F)c2)c(=O)[nH]1. The Bertz CT molecular complexity index is 971. The molecule has 0 fully saturated rings. The lowest BCUT2D eigenvalue weighted by Crippen LogP contribution is -2.12. The summed E-state index contributed by atoms with van der Waals surface area (Å²) in [5.41, 5.74) is 5.22. The molecule has 0 aliphatic carbocycles. The van der Waals surface area contributed by atoms with E-state index in [2.05, 4.69) is 15.0 Å². The number of aromatic nitrogens is 4. The third-order valence-electron chi connectivity index (χ3n) is 3.32. The van der Waals surface area contributed by atoms with Crippen LogP contribution in [-0.2, 0) is 12.7 Å². The number of H-pyrrole nitrogens is 1. The minimum atomic E-state index is -4.38. The van der Waals surface area contributed by atoms with Gasteiger partial charge in [0.15, 0.2) is 11.2 Å². The number of aromatic amines is 1. The van der Waals surface area contributed by atoms with Gasteiger partial charge in [0, 0.05) is 6.54 Å². The number of benzene rings is 1. The Labute approximate surface area is 133 Å². The van der Waals surface area contributed by atoms with E-state index in [9.17, 15) is 18.0 Å². The molecule has 0 bridgehead atoms. The average Bonchev–Trinajstić information content (AvgIpc) is 2.90. The van der Waals surface area contributed by atoms with Crippen molar-refractivity contribution in [2.75, 3.05) is 5.73 Å². The number of halogens is 3. The van der Waals surface area contributed by atoms with Gasteiger partial charge in [-0.3, -0.25) is 9.78 Å². The van der Waals surface area contributed by atoms with Crippen molar-refractivity contribution in [1.82, 2.24) is 19.5 Å². The van der Waals surface area contributed by atoms with Gasteiger partial charge in [-0.1, -0.05) is 24.3 Å². The smallest absolute Gasteiger partial charge is 0.369 e. The Balaban J connectivity index is 1.84. The fourth-order valence-corrected chi connectivity index (χ4v) is 2.23. The summed E-state index contributed by atoms with van der Waals surface area (Å²) in [5, 5.41) is 0. The number of nitrogens with two attached hydrogens (primary N) is 1. The Kier molecular flexibility index (Phi) is 3.84. The number of fused-ring (bicyclic) bond motifs is 1. The lowest BCUT2D eigenvalue weighted by Gasteiger charge is -2.06. The molecule has 0 unspecified atom stereocenters. The monoisotopic (exact) mass is 335 g/mol. The van der Waals surface area contributed by atoms with Crippen LogP contribution in [0.25, 0.3) is 17.2 Å². The molecule has 3 aromatic rings. The van der Waals surface area contributed by atoms with Gasteiger partial charge in [-0.05, 0) is 17.7 Å². The van der Waals surface area contributed by atoms with Crippen molar-refractivity contribution >= 4 is 23.2 Å². The minimum absolute atomic E-state index is 0.0314. The van der Waals surface area contributed by atoms with Crippen molar-refractivity contribution < 1.29 is 13.2 Å². The zero-order chi connectivity index (χ0) is 17.3. The highest BCUT2D eigenvalue weighted by molar-refractivity contribution is 5.70. The Hall–Kier alpha value is -3.10. The summed E-state index contributed by atoms with van der Waals surface area (Å²) in [5.74, 6) is -0.0314. The Morgan fingerprint density at radius 2 is 2.12 bits per heavy atom. The van der Waals surface area contributed by atoms with E-state index in [1.54, 1.807) is 22.8 Å². The molecule has 0 amide bonds. The van der Waals surface area contributed by atoms with Gasteiger partial charge in [0.05, 0.1) is 11.9 Å². The molecule has 124 valence electrons. The number of nitrogens with one attached hydrogen (secondary N) is 1.